The van der Waals surface area contributed by atoms with Crippen LogP contribution in [0.25, 0.3) is 0 Å². The summed E-state index contributed by atoms with van der Waals surface area (Å²) in [4.78, 5) is 25.1. The maximum absolute atomic E-state index is 13.7. The van der Waals surface area contributed by atoms with Crippen LogP contribution in [0.5, 0.6) is 5.75 Å². The van der Waals surface area contributed by atoms with Crippen LogP contribution < -0.4 is 20.7 Å². The normalized spacial score (nSPS) is 12.3. The van der Waals surface area contributed by atoms with E-state index in [0.29, 0.717) is 6.16 Å². The number of rotatable bonds is 10. The molecule has 0 bridgehead atoms. The van der Waals surface area contributed by atoms with E-state index in [-0.39, 0.29) is 12.8 Å². The summed E-state index contributed by atoms with van der Waals surface area (Å²) in [6.07, 6.45) is -0.118. The number of aryl methyl sites for hydroxylation is 3. The van der Waals surface area contributed by atoms with Gasteiger partial charge in [0, 0.05) is 0 Å². The first kappa shape index (κ1) is 28.1. The molecule has 0 heterocycles. The molecule has 6 heteroatoms. The number of benzene rings is 4. The number of hydrogen-bond acceptors (Lipinski definition) is 4. The molecule has 0 atom stereocenters. The van der Waals surface area contributed by atoms with Crippen molar-refractivity contribution in [3.8, 4) is 5.75 Å². The third-order valence-electron chi connectivity index (χ3n) is 7.23. The van der Waals surface area contributed by atoms with Crippen molar-refractivity contribution < 1.29 is 24.0 Å². The third-order valence-corrected chi connectivity index (χ3v) is 13.0. The van der Waals surface area contributed by atoms with Crippen molar-refractivity contribution in [3.63, 3.8) is 0 Å². The van der Waals surface area contributed by atoms with Crippen molar-refractivity contribution in [2.75, 3.05) is 7.11 Å². The fourth-order valence-corrected chi connectivity index (χ4v) is 10.7. The average Bonchev–Trinajstić information content (AvgIpc) is 2.93. The van der Waals surface area contributed by atoms with Crippen molar-refractivity contribution in [1.82, 2.24) is 0 Å². The van der Waals surface area contributed by atoms with Crippen molar-refractivity contribution in [2.45, 2.75) is 39.8 Å². The minimum atomic E-state index is -4.06. The summed E-state index contributed by atoms with van der Waals surface area (Å²) in [7, 11) is 1.63. The van der Waals surface area contributed by atoms with Gasteiger partial charge >= 0.3 is 231 Å². The number of carboxylic acids is 1. The zero-order valence-corrected chi connectivity index (χ0v) is 23.8. The van der Waals surface area contributed by atoms with Crippen LogP contribution in [0, 0.1) is 20.8 Å². The Morgan fingerprint density at radius 3 is 1.41 bits per heavy atom. The molecule has 0 amide bonds. The first-order valence-electron chi connectivity index (χ1n) is 13.0. The van der Waals surface area contributed by atoms with E-state index in [1.165, 1.54) is 0 Å². The molecular weight excluding hydrogens is 507 g/mol. The van der Waals surface area contributed by atoms with E-state index in [4.69, 9.17) is 9.26 Å². The maximum atomic E-state index is 13.7. The van der Waals surface area contributed by atoms with E-state index in [1.54, 1.807) is 7.11 Å². The quantitative estimate of drug-likeness (QED) is 0.250. The van der Waals surface area contributed by atoms with Gasteiger partial charge in [-0.1, -0.05) is 0 Å². The molecule has 0 aliphatic heterocycles. The molecule has 0 fully saturated rings. The van der Waals surface area contributed by atoms with Gasteiger partial charge in [-0.3, -0.25) is 0 Å². The second kappa shape index (κ2) is 11.4. The number of carboxylic acid groups (broad SMARTS) is 1. The first-order chi connectivity index (χ1) is 18.7. The van der Waals surface area contributed by atoms with Gasteiger partial charge in [0.15, 0.2) is 0 Å². The molecule has 0 saturated heterocycles. The van der Waals surface area contributed by atoms with Crippen LogP contribution in [0.1, 0.15) is 35.1 Å². The molecule has 0 spiro atoms. The second-order valence-corrected chi connectivity index (χ2v) is 14.6. The van der Waals surface area contributed by atoms with Crippen LogP contribution in [-0.2, 0) is 20.3 Å². The van der Waals surface area contributed by atoms with E-state index in [0.717, 1.165) is 43.9 Å². The number of carbonyl (C=O) groups is 2. The minimum absolute atomic E-state index is 0.223. The van der Waals surface area contributed by atoms with Gasteiger partial charge in [-0.2, -0.15) is 0 Å². The molecule has 5 nitrogen and oxygen atoms in total. The summed E-state index contributed by atoms with van der Waals surface area (Å²) >= 11 is 0. The van der Waals surface area contributed by atoms with Gasteiger partial charge < -0.3 is 0 Å². The Morgan fingerprint density at radius 2 is 1.05 bits per heavy atom. The Bertz CT molecular complexity index is 1330. The molecule has 0 radical (unpaired) electrons. The molecule has 0 aliphatic rings. The van der Waals surface area contributed by atoms with Gasteiger partial charge in [-0.25, -0.2) is 0 Å². The summed E-state index contributed by atoms with van der Waals surface area (Å²) in [6, 6.07) is 32.4. The van der Waals surface area contributed by atoms with Crippen LogP contribution in [0.4, 0.5) is 0 Å². The van der Waals surface area contributed by atoms with E-state index in [9.17, 15) is 14.7 Å². The van der Waals surface area contributed by atoms with Crippen LogP contribution in [0.3, 0.4) is 0 Å². The van der Waals surface area contributed by atoms with Gasteiger partial charge in [0.25, 0.3) is 0 Å². The summed E-state index contributed by atoms with van der Waals surface area (Å²) in [6.45, 7) is 2.02. The predicted molar refractivity (Wildman–Crippen MR) is 159 cm³/mol. The Labute approximate surface area is 230 Å². The zero-order valence-electron chi connectivity index (χ0n) is 22.9. The third kappa shape index (κ3) is 5.60. The molecule has 0 aliphatic carbocycles. The number of ether oxygens (including phenoxy) is 1. The van der Waals surface area contributed by atoms with Gasteiger partial charge in [0.2, 0.25) is 0 Å². The predicted octanol–water partition coefficient (Wildman–Crippen LogP) is 5.97. The number of carbonyl (C=O) groups excluding carboxylic acids is 1. The molecular formula is C33H35O5P. The van der Waals surface area contributed by atoms with E-state index < -0.39 is 18.8 Å². The standard InChI is InChI=1S/C33H35O5P/c1-24-5-15-29(16-6-24)39(30-17-7-25(2)8-18-30,31-19-9-26(3)10-20-31,38-33(36)22-21-32(34)35)23-27-11-13-28(37-4)14-12-27/h5-20H,21-23H2,1-4H3,(H,34,35). The molecule has 1 N–H and O–H groups in total. The molecule has 4 aromatic rings. The molecule has 4 aromatic carbocycles. The van der Waals surface area contributed by atoms with E-state index in [2.05, 4.69) is 36.4 Å². The van der Waals surface area contributed by atoms with Crippen LogP contribution in [0.2, 0.25) is 0 Å². The van der Waals surface area contributed by atoms with Crippen LogP contribution in [0.15, 0.2) is 97.1 Å². The van der Waals surface area contributed by atoms with Crippen molar-refractivity contribution in [2.24, 2.45) is 0 Å². The topological polar surface area (TPSA) is 72.8 Å². The number of methoxy groups -OCH3 is 1. The molecule has 4 rings (SSSR count). The van der Waals surface area contributed by atoms with E-state index in [1.807, 2.05) is 81.4 Å². The molecule has 0 unspecified atom stereocenters. The summed E-state index contributed by atoms with van der Waals surface area (Å²) in [5.41, 5.74) is 4.24. The molecule has 0 aromatic heterocycles. The van der Waals surface area contributed by atoms with Gasteiger partial charge in [-0.05, 0) is 0 Å². The summed E-state index contributed by atoms with van der Waals surface area (Å²) in [5, 5.41) is 12.0. The van der Waals surface area contributed by atoms with Gasteiger partial charge in [0.05, 0.1) is 0 Å². The fourth-order valence-electron chi connectivity index (χ4n) is 5.05. The SMILES string of the molecule is COc1ccc(CP(OC(=O)CCC(=O)O)(c2ccc(C)cc2)(c2ccc(C)cc2)c2ccc(C)cc2)cc1. The average molecular weight is 543 g/mol. The van der Waals surface area contributed by atoms with Gasteiger partial charge in [-0.15, -0.1) is 0 Å². The Kier molecular flexibility index (Phi) is 8.22. The first-order valence-corrected chi connectivity index (χ1v) is 15.3. The van der Waals surface area contributed by atoms with Crippen molar-refractivity contribution >= 4 is 34.7 Å². The molecule has 39 heavy (non-hydrogen) atoms. The van der Waals surface area contributed by atoms with Crippen molar-refractivity contribution in [3.05, 3.63) is 119 Å². The fraction of sp³-hybridized carbons (Fsp3) is 0.212. The van der Waals surface area contributed by atoms with E-state index >= 15 is 0 Å². The van der Waals surface area contributed by atoms with Gasteiger partial charge in [0.1, 0.15) is 0 Å². The Balaban J connectivity index is 2.13. The van der Waals surface area contributed by atoms with Crippen LogP contribution >= 0.6 is 6.83 Å². The van der Waals surface area contributed by atoms with Crippen LogP contribution in [-0.4, -0.2) is 24.2 Å². The number of hydrogen-bond donors (Lipinski definition) is 1. The summed E-state index contributed by atoms with van der Waals surface area (Å²) < 4.78 is 12.3. The monoisotopic (exact) mass is 542 g/mol. The molecule has 202 valence electrons. The summed E-state index contributed by atoms with van der Waals surface area (Å²) in [5.74, 6) is -0.841. The Hall–Kier alpha value is -3.95. The molecule has 0 saturated carbocycles. The Morgan fingerprint density at radius 1 is 0.641 bits per heavy atom. The zero-order chi connectivity index (χ0) is 28.1. The second-order valence-electron chi connectivity index (χ2n) is 10.1. The van der Waals surface area contributed by atoms with Crippen molar-refractivity contribution in [1.29, 1.82) is 0 Å². The number of aliphatic carboxylic acids is 1.